The third-order valence-corrected chi connectivity index (χ3v) is 3.56. The van der Waals surface area contributed by atoms with Crippen LogP contribution in [0.15, 0.2) is 12.2 Å². The summed E-state index contributed by atoms with van der Waals surface area (Å²) in [4.78, 5) is 32.7. The van der Waals surface area contributed by atoms with Crippen molar-refractivity contribution in [3.63, 3.8) is 0 Å². The first-order valence-electron chi connectivity index (χ1n) is 8.11. The molecule has 0 bridgehead atoms. The third kappa shape index (κ3) is 12.4. The van der Waals surface area contributed by atoms with Gasteiger partial charge in [0.15, 0.2) is 0 Å². The van der Waals surface area contributed by atoms with Gasteiger partial charge in [0.2, 0.25) is 0 Å². The van der Waals surface area contributed by atoms with Crippen molar-refractivity contribution in [2.45, 2.75) is 64.7 Å². The van der Waals surface area contributed by atoms with Crippen LogP contribution in [-0.2, 0) is 19.1 Å². The zero-order valence-corrected chi connectivity index (χ0v) is 13.9. The summed E-state index contributed by atoms with van der Waals surface area (Å²) in [5.74, 6) is -2.93. The van der Waals surface area contributed by atoms with Crippen molar-refractivity contribution in [3.05, 3.63) is 12.2 Å². The van der Waals surface area contributed by atoms with Crippen molar-refractivity contribution < 1.29 is 29.3 Å². The van der Waals surface area contributed by atoms with Crippen LogP contribution in [0.4, 0.5) is 0 Å². The van der Waals surface area contributed by atoms with Crippen LogP contribution >= 0.6 is 0 Å². The average molecular weight is 328 g/mol. The van der Waals surface area contributed by atoms with Gasteiger partial charge in [-0.25, -0.2) is 4.79 Å². The minimum atomic E-state index is -0.951. The summed E-state index contributed by atoms with van der Waals surface area (Å²) in [6.45, 7) is 4.86. The molecule has 0 radical (unpaired) electrons. The zero-order chi connectivity index (χ0) is 17.7. The van der Waals surface area contributed by atoms with E-state index in [2.05, 4.69) is 6.58 Å². The summed E-state index contributed by atoms with van der Waals surface area (Å²) in [6, 6.07) is 0. The Morgan fingerprint density at radius 2 is 1.48 bits per heavy atom. The predicted molar refractivity (Wildman–Crippen MR) is 86.1 cm³/mol. The van der Waals surface area contributed by atoms with E-state index in [4.69, 9.17) is 14.9 Å². The molecule has 0 aromatic carbocycles. The molecular formula is C17H28O6. The number of carbonyl (C=O) groups excluding carboxylic acids is 1. The largest absolute Gasteiger partial charge is 0.481 e. The monoisotopic (exact) mass is 328 g/mol. The number of ether oxygens (including phenoxy) is 1. The molecule has 6 nitrogen and oxygen atoms in total. The standard InChI is InChI=1S/C17H28O6/c1-13(2)17(22)23-12-14(16(20)21)10-8-6-4-3-5-7-9-11-15(18)19/h14H,1,3-12H2,2H3,(H,18,19)(H,20,21). The molecular weight excluding hydrogens is 300 g/mol. The van der Waals surface area contributed by atoms with Crippen molar-refractivity contribution >= 4 is 17.9 Å². The highest BCUT2D eigenvalue weighted by molar-refractivity contribution is 5.87. The quantitative estimate of drug-likeness (QED) is 0.288. The molecule has 0 saturated heterocycles. The molecule has 6 heteroatoms. The molecule has 0 amide bonds. The van der Waals surface area contributed by atoms with Crippen molar-refractivity contribution in [3.8, 4) is 0 Å². The van der Waals surface area contributed by atoms with E-state index in [0.29, 0.717) is 12.8 Å². The Morgan fingerprint density at radius 3 is 1.96 bits per heavy atom. The zero-order valence-electron chi connectivity index (χ0n) is 13.9. The number of esters is 1. The summed E-state index contributed by atoms with van der Waals surface area (Å²) in [5, 5.41) is 17.6. The van der Waals surface area contributed by atoms with Crippen LogP contribution in [0.3, 0.4) is 0 Å². The van der Waals surface area contributed by atoms with Gasteiger partial charge in [0.25, 0.3) is 0 Å². The van der Waals surface area contributed by atoms with E-state index in [1.54, 1.807) is 0 Å². The lowest BCUT2D eigenvalue weighted by molar-refractivity contribution is -0.149. The van der Waals surface area contributed by atoms with Gasteiger partial charge in [-0.15, -0.1) is 0 Å². The van der Waals surface area contributed by atoms with Crippen LogP contribution in [0, 0.1) is 5.92 Å². The fourth-order valence-corrected chi connectivity index (χ4v) is 2.13. The summed E-state index contributed by atoms with van der Waals surface area (Å²) in [5.41, 5.74) is 0.261. The second-order valence-corrected chi connectivity index (χ2v) is 5.82. The highest BCUT2D eigenvalue weighted by Crippen LogP contribution is 2.14. The van der Waals surface area contributed by atoms with Gasteiger partial charge in [0.1, 0.15) is 6.61 Å². The van der Waals surface area contributed by atoms with Crippen LogP contribution in [-0.4, -0.2) is 34.7 Å². The summed E-state index contributed by atoms with van der Waals surface area (Å²) in [6.07, 6.45) is 7.08. The molecule has 0 fully saturated rings. The Kier molecular flexibility index (Phi) is 11.7. The average Bonchev–Trinajstić information content (AvgIpc) is 2.47. The lowest BCUT2D eigenvalue weighted by Crippen LogP contribution is -2.22. The van der Waals surface area contributed by atoms with Crippen LogP contribution in [0.25, 0.3) is 0 Å². The Labute approximate surface area is 137 Å². The molecule has 0 aromatic heterocycles. The molecule has 0 aliphatic rings. The van der Waals surface area contributed by atoms with Crippen molar-refractivity contribution in [1.29, 1.82) is 0 Å². The number of aliphatic carboxylic acids is 2. The van der Waals surface area contributed by atoms with Crippen molar-refractivity contribution in [2.24, 2.45) is 5.92 Å². The van der Waals surface area contributed by atoms with E-state index in [1.807, 2.05) is 0 Å². The Hall–Kier alpha value is -1.85. The summed E-state index contributed by atoms with van der Waals surface area (Å²) < 4.78 is 4.90. The van der Waals surface area contributed by atoms with E-state index in [-0.39, 0.29) is 18.6 Å². The van der Waals surface area contributed by atoms with Crippen LogP contribution in [0.1, 0.15) is 64.7 Å². The number of unbranched alkanes of at least 4 members (excludes halogenated alkanes) is 6. The normalized spacial score (nSPS) is 11.7. The number of hydrogen-bond acceptors (Lipinski definition) is 4. The van der Waals surface area contributed by atoms with E-state index in [9.17, 15) is 14.4 Å². The number of rotatable bonds is 14. The molecule has 0 rings (SSSR count). The SMILES string of the molecule is C=C(C)C(=O)OCC(CCCCCCCCCC(=O)O)C(=O)O. The van der Waals surface area contributed by atoms with Crippen molar-refractivity contribution in [1.82, 2.24) is 0 Å². The smallest absolute Gasteiger partial charge is 0.333 e. The van der Waals surface area contributed by atoms with E-state index in [1.165, 1.54) is 6.92 Å². The van der Waals surface area contributed by atoms with Crippen LogP contribution in [0.5, 0.6) is 0 Å². The predicted octanol–water partition coefficient (Wildman–Crippen LogP) is 3.40. The van der Waals surface area contributed by atoms with Crippen LogP contribution < -0.4 is 0 Å². The number of carboxylic acids is 2. The molecule has 0 aliphatic carbocycles. The van der Waals surface area contributed by atoms with Gasteiger partial charge >= 0.3 is 17.9 Å². The van der Waals surface area contributed by atoms with Gasteiger partial charge in [-0.2, -0.15) is 0 Å². The number of carbonyl (C=O) groups is 3. The van der Waals surface area contributed by atoms with Gasteiger partial charge in [0.05, 0.1) is 5.92 Å². The lowest BCUT2D eigenvalue weighted by Gasteiger charge is -2.12. The first-order valence-corrected chi connectivity index (χ1v) is 8.11. The first kappa shape index (κ1) is 21.1. The molecule has 1 atom stereocenters. The maximum Gasteiger partial charge on any atom is 0.333 e. The molecule has 2 N–H and O–H groups in total. The van der Waals surface area contributed by atoms with E-state index in [0.717, 1.165) is 38.5 Å². The maximum absolute atomic E-state index is 11.3. The Morgan fingerprint density at radius 1 is 0.957 bits per heavy atom. The number of hydrogen-bond donors (Lipinski definition) is 2. The molecule has 1 unspecified atom stereocenters. The fourth-order valence-electron chi connectivity index (χ4n) is 2.13. The van der Waals surface area contributed by atoms with Gasteiger partial charge in [0, 0.05) is 12.0 Å². The summed E-state index contributed by atoms with van der Waals surface area (Å²) in [7, 11) is 0. The summed E-state index contributed by atoms with van der Waals surface area (Å²) >= 11 is 0. The highest BCUT2D eigenvalue weighted by Gasteiger charge is 2.19. The molecule has 132 valence electrons. The molecule has 0 saturated carbocycles. The molecule has 0 aromatic rings. The molecule has 23 heavy (non-hydrogen) atoms. The minimum Gasteiger partial charge on any atom is -0.481 e. The Balaban J connectivity index is 3.69. The van der Waals surface area contributed by atoms with Gasteiger partial charge in [-0.3, -0.25) is 9.59 Å². The van der Waals surface area contributed by atoms with E-state index < -0.39 is 23.8 Å². The molecule has 0 spiro atoms. The lowest BCUT2D eigenvalue weighted by atomic mass is 10.0. The fraction of sp³-hybridized carbons (Fsp3) is 0.706. The van der Waals surface area contributed by atoms with E-state index >= 15 is 0 Å². The van der Waals surface area contributed by atoms with Gasteiger partial charge < -0.3 is 14.9 Å². The second kappa shape index (κ2) is 12.7. The third-order valence-electron chi connectivity index (χ3n) is 3.56. The maximum atomic E-state index is 11.3. The van der Waals surface area contributed by atoms with Gasteiger partial charge in [-0.05, 0) is 19.8 Å². The highest BCUT2D eigenvalue weighted by atomic mass is 16.5. The number of carboxylic acid groups (broad SMARTS) is 2. The van der Waals surface area contributed by atoms with Crippen LogP contribution in [0.2, 0.25) is 0 Å². The van der Waals surface area contributed by atoms with Crippen molar-refractivity contribution in [2.75, 3.05) is 6.61 Å². The second-order valence-electron chi connectivity index (χ2n) is 5.82. The molecule has 0 heterocycles. The molecule has 0 aliphatic heterocycles. The first-order chi connectivity index (χ1) is 10.8. The van der Waals surface area contributed by atoms with Gasteiger partial charge in [-0.1, -0.05) is 45.1 Å². The minimum absolute atomic E-state index is 0.115. The topological polar surface area (TPSA) is 101 Å². The Bertz CT molecular complexity index is 402.